The Morgan fingerprint density at radius 1 is 1.42 bits per heavy atom. The first-order valence-corrected chi connectivity index (χ1v) is 6.77. The quantitative estimate of drug-likeness (QED) is 0.803. The van der Waals surface area contributed by atoms with Crippen molar-refractivity contribution in [2.45, 2.75) is 44.8 Å². The van der Waals surface area contributed by atoms with Gasteiger partial charge in [0, 0.05) is 31.7 Å². The highest BCUT2D eigenvalue weighted by Crippen LogP contribution is 2.25. The van der Waals surface area contributed by atoms with Crippen LogP contribution in [0.1, 0.15) is 33.1 Å². The third kappa shape index (κ3) is 3.83. The summed E-state index contributed by atoms with van der Waals surface area (Å²) >= 11 is 0. The Balaban J connectivity index is 1.72. The van der Waals surface area contributed by atoms with Gasteiger partial charge < -0.3 is 20.1 Å². The normalized spacial score (nSPS) is 26.6. The lowest BCUT2D eigenvalue weighted by Crippen LogP contribution is -2.57. The van der Waals surface area contributed by atoms with Crippen molar-refractivity contribution >= 4 is 12.0 Å². The highest BCUT2D eigenvalue weighted by Gasteiger charge is 2.35. The number of carboxylic acid groups (broad SMARTS) is 1. The molecule has 1 unspecified atom stereocenters. The Hall–Kier alpha value is -1.30. The lowest BCUT2D eigenvalue weighted by Gasteiger charge is -2.41. The van der Waals surface area contributed by atoms with E-state index in [-0.39, 0.29) is 30.0 Å². The van der Waals surface area contributed by atoms with Crippen LogP contribution >= 0.6 is 0 Å². The van der Waals surface area contributed by atoms with E-state index >= 15 is 0 Å². The Labute approximate surface area is 113 Å². The number of nitrogens with one attached hydrogen (secondary N) is 1. The summed E-state index contributed by atoms with van der Waals surface area (Å²) in [6, 6.07) is 0.0686. The molecule has 2 rings (SSSR count). The first-order chi connectivity index (χ1) is 8.85. The van der Waals surface area contributed by atoms with E-state index < -0.39 is 5.97 Å². The SMILES string of the molecule is CC1(C)CC(NC(=O)N2CC(CC(=O)O)C2)CCO1. The molecule has 2 saturated heterocycles. The molecule has 2 aliphatic heterocycles. The summed E-state index contributed by atoms with van der Waals surface area (Å²) in [4.78, 5) is 24.2. The van der Waals surface area contributed by atoms with Crippen molar-refractivity contribution in [3.8, 4) is 0 Å². The van der Waals surface area contributed by atoms with Crippen LogP contribution in [0.2, 0.25) is 0 Å². The first-order valence-electron chi connectivity index (χ1n) is 6.77. The number of hydrogen-bond acceptors (Lipinski definition) is 3. The van der Waals surface area contributed by atoms with Crippen LogP contribution in [0, 0.1) is 5.92 Å². The minimum absolute atomic E-state index is 0.0793. The van der Waals surface area contributed by atoms with E-state index in [1.54, 1.807) is 4.90 Å². The summed E-state index contributed by atoms with van der Waals surface area (Å²) in [5, 5.41) is 11.7. The van der Waals surface area contributed by atoms with Crippen LogP contribution in [0.15, 0.2) is 0 Å². The zero-order valence-electron chi connectivity index (χ0n) is 11.5. The number of likely N-dealkylation sites (tertiary alicyclic amines) is 1. The van der Waals surface area contributed by atoms with Gasteiger partial charge in [0.05, 0.1) is 12.0 Å². The number of urea groups is 1. The number of rotatable bonds is 3. The van der Waals surface area contributed by atoms with Crippen LogP contribution in [0.3, 0.4) is 0 Å². The van der Waals surface area contributed by atoms with Gasteiger partial charge in [-0.3, -0.25) is 4.79 Å². The molecule has 1 atom stereocenters. The Morgan fingerprint density at radius 2 is 2.11 bits per heavy atom. The molecular formula is C13H22N2O4. The molecule has 0 bridgehead atoms. The van der Waals surface area contributed by atoms with Gasteiger partial charge in [-0.25, -0.2) is 4.79 Å². The van der Waals surface area contributed by atoms with Crippen molar-refractivity contribution in [2.75, 3.05) is 19.7 Å². The third-order valence-electron chi connectivity index (χ3n) is 3.73. The monoisotopic (exact) mass is 270 g/mol. The highest BCUT2D eigenvalue weighted by atomic mass is 16.5. The maximum atomic E-state index is 12.0. The summed E-state index contributed by atoms with van der Waals surface area (Å²) in [6.45, 7) is 5.81. The second-order valence-corrected chi connectivity index (χ2v) is 6.12. The maximum absolute atomic E-state index is 12.0. The summed E-state index contributed by atoms with van der Waals surface area (Å²) in [6.07, 6.45) is 1.79. The number of carbonyl (C=O) groups excluding carboxylic acids is 1. The number of carboxylic acids is 1. The van der Waals surface area contributed by atoms with Gasteiger partial charge in [0.25, 0.3) is 0 Å². The summed E-state index contributed by atoms with van der Waals surface area (Å²) in [7, 11) is 0. The lowest BCUT2D eigenvalue weighted by molar-refractivity contribution is -0.139. The fourth-order valence-corrected chi connectivity index (χ4v) is 2.73. The molecule has 6 heteroatoms. The molecule has 0 aromatic rings. The van der Waals surface area contributed by atoms with E-state index in [0.717, 1.165) is 12.8 Å². The van der Waals surface area contributed by atoms with Crippen LogP contribution in [-0.2, 0) is 9.53 Å². The Bertz CT molecular complexity index is 364. The van der Waals surface area contributed by atoms with Crippen LogP contribution in [0.4, 0.5) is 4.79 Å². The third-order valence-corrected chi connectivity index (χ3v) is 3.73. The van der Waals surface area contributed by atoms with Gasteiger partial charge in [0.1, 0.15) is 0 Å². The van der Waals surface area contributed by atoms with E-state index in [9.17, 15) is 9.59 Å². The molecule has 0 aliphatic carbocycles. The second kappa shape index (κ2) is 5.36. The van der Waals surface area contributed by atoms with Crippen LogP contribution in [0.5, 0.6) is 0 Å². The van der Waals surface area contributed by atoms with Gasteiger partial charge in [-0.1, -0.05) is 0 Å². The zero-order chi connectivity index (χ0) is 14.0. The number of nitrogens with zero attached hydrogens (tertiary/aromatic N) is 1. The van der Waals surface area contributed by atoms with E-state index in [4.69, 9.17) is 9.84 Å². The number of amides is 2. The summed E-state index contributed by atoms with van der Waals surface area (Å²) in [5.41, 5.74) is -0.184. The molecule has 0 aromatic heterocycles. The maximum Gasteiger partial charge on any atom is 0.317 e. The number of carbonyl (C=O) groups is 2. The molecule has 108 valence electrons. The first kappa shape index (κ1) is 14.1. The van der Waals surface area contributed by atoms with Crippen molar-refractivity contribution in [1.82, 2.24) is 10.2 Å². The second-order valence-electron chi connectivity index (χ2n) is 6.12. The van der Waals surface area contributed by atoms with E-state index in [1.807, 2.05) is 13.8 Å². The zero-order valence-corrected chi connectivity index (χ0v) is 11.5. The van der Waals surface area contributed by atoms with Crippen molar-refractivity contribution in [3.05, 3.63) is 0 Å². The molecule has 0 saturated carbocycles. The fourth-order valence-electron chi connectivity index (χ4n) is 2.73. The predicted molar refractivity (Wildman–Crippen MR) is 68.9 cm³/mol. The fraction of sp³-hybridized carbons (Fsp3) is 0.846. The standard InChI is InChI=1S/C13H22N2O4/c1-13(2)6-10(3-4-19-13)14-12(18)15-7-9(8-15)5-11(16)17/h9-10H,3-8H2,1-2H3,(H,14,18)(H,16,17). The average Bonchev–Trinajstić information content (AvgIpc) is 2.20. The molecule has 2 fully saturated rings. The van der Waals surface area contributed by atoms with Crippen LogP contribution in [-0.4, -0.2) is 53.3 Å². The van der Waals surface area contributed by atoms with Gasteiger partial charge in [0.2, 0.25) is 0 Å². The lowest BCUT2D eigenvalue weighted by atomic mass is 9.93. The molecule has 2 heterocycles. The largest absolute Gasteiger partial charge is 0.481 e. The highest BCUT2D eigenvalue weighted by molar-refractivity contribution is 5.76. The molecule has 0 radical (unpaired) electrons. The molecule has 0 spiro atoms. The summed E-state index contributed by atoms with van der Waals surface area (Å²) in [5.74, 6) is -0.689. The molecular weight excluding hydrogens is 248 g/mol. The van der Waals surface area contributed by atoms with Crippen LogP contribution in [0.25, 0.3) is 0 Å². The molecule has 2 aliphatic rings. The van der Waals surface area contributed by atoms with Crippen molar-refractivity contribution in [1.29, 1.82) is 0 Å². The van der Waals surface area contributed by atoms with Crippen molar-refractivity contribution in [2.24, 2.45) is 5.92 Å². The Kier molecular flexibility index (Phi) is 3.99. The smallest absolute Gasteiger partial charge is 0.317 e. The predicted octanol–water partition coefficient (Wildman–Crippen LogP) is 1.06. The van der Waals surface area contributed by atoms with Gasteiger partial charge in [0.15, 0.2) is 0 Å². The molecule has 0 aromatic carbocycles. The van der Waals surface area contributed by atoms with E-state index in [2.05, 4.69) is 5.32 Å². The van der Waals surface area contributed by atoms with Crippen LogP contribution < -0.4 is 5.32 Å². The van der Waals surface area contributed by atoms with Gasteiger partial charge in [-0.05, 0) is 26.7 Å². The van der Waals surface area contributed by atoms with Crippen molar-refractivity contribution in [3.63, 3.8) is 0 Å². The van der Waals surface area contributed by atoms with Gasteiger partial charge in [-0.15, -0.1) is 0 Å². The van der Waals surface area contributed by atoms with Gasteiger partial charge >= 0.3 is 12.0 Å². The number of hydrogen-bond donors (Lipinski definition) is 2. The van der Waals surface area contributed by atoms with Gasteiger partial charge in [-0.2, -0.15) is 0 Å². The number of aliphatic carboxylic acids is 1. The summed E-state index contributed by atoms with van der Waals surface area (Å²) < 4.78 is 5.61. The molecule has 2 amide bonds. The molecule has 19 heavy (non-hydrogen) atoms. The minimum Gasteiger partial charge on any atom is -0.481 e. The Morgan fingerprint density at radius 3 is 2.68 bits per heavy atom. The topological polar surface area (TPSA) is 78.9 Å². The van der Waals surface area contributed by atoms with Crippen molar-refractivity contribution < 1.29 is 19.4 Å². The average molecular weight is 270 g/mol. The minimum atomic E-state index is -0.795. The van der Waals surface area contributed by atoms with E-state index in [1.165, 1.54) is 0 Å². The molecule has 6 nitrogen and oxygen atoms in total. The number of ether oxygens (including phenoxy) is 1. The van der Waals surface area contributed by atoms with E-state index in [0.29, 0.717) is 19.7 Å². The molecule has 2 N–H and O–H groups in total.